The van der Waals surface area contributed by atoms with E-state index in [0.717, 1.165) is 17.5 Å². The number of esters is 1. The molecular weight excluding hydrogens is 609 g/mol. The van der Waals surface area contributed by atoms with Crippen molar-refractivity contribution in [2.24, 2.45) is 11.8 Å². The van der Waals surface area contributed by atoms with Crippen molar-refractivity contribution in [3.63, 3.8) is 0 Å². The van der Waals surface area contributed by atoms with E-state index < -0.39 is 56.3 Å². The molecular formula is C32H64O7Si4. The highest BCUT2D eigenvalue weighted by molar-refractivity contribution is 6.88. The summed E-state index contributed by atoms with van der Waals surface area (Å²) in [6.45, 7) is 34.5. The lowest BCUT2D eigenvalue weighted by atomic mass is 9.65. The van der Waals surface area contributed by atoms with Crippen molar-refractivity contribution in [1.29, 1.82) is 0 Å². The zero-order chi connectivity index (χ0) is 33.2. The Kier molecular flexibility index (Phi) is 12.6. The SMILES string of the molecule is C[C@H]1C[C@@H](C(=O)OCC[Si](C)(C)C)[C@](O)(c2ccoc2[Si](C)(C)C)[C@H](OCOCC[Si](C)(C)C)[C@@H]1O[Si](C)(C)C(C)(C)C. The van der Waals surface area contributed by atoms with Crippen molar-refractivity contribution in [2.75, 3.05) is 20.0 Å². The Bertz CT molecular complexity index is 1050. The topological polar surface area (TPSA) is 87.4 Å². The van der Waals surface area contributed by atoms with Crippen LogP contribution in [0.4, 0.5) is 0 Å². The highest BCUT2D eigenvalue weighted by atomic mass is 28.4. The van der Waals surface area contributed by atoms with E-state index in [1.807, 2.05) is 6.07 Å². The monoisotopic (exact) mass is 672 g/mol. The fourth-order valence-corrected chi connectivity index (χ4v) is 9.66. The van der Waals surface area contributed by atoms with Gasteiger partial charge in [0.05, 0.1) is 30.3 Å². The summed E-state index contributed by atoms with van der Waals surface area (Å²) in [7, 11) is -7.08. The zero-order valence-corrected chi connectivity index (χ0v) is 34.1. The first-order valence-electron chi connectivity index (χ1n) is 16.2. The Morgan fingerprint density at radius 2 is 1.53 bits per heavy atom. The normalized spacial score (nSPS) is 26.0. The molecule has 43 heavy (non-hydrogen) atoms. The maximum Gasteiger partial charge on any atom is 0.312 e. The van der Waals surface area contributed by atoms with E-state index in [9.17, 15) is 9.90 Å². The Morgan fingerprint density at radius 3 is 2.05 bits per heavy atom. The van der Waals surface area contributed by atoms with Crippen LogP contribution < -0.4 is 5.38 Å². The molecule has 0 radical (unpaired) electrons. The van der Waals surface area contributed by atoms with Crippen molar-refractivity contribution in [3.05, 3.63) is 17.9 Å². The van der Waals surface area contributed by atoms with Gasteiger partial charge in [0.1, 0.15) is 26.6 Å². The average Bonchev–Trinajstić information content (AvgIpc) is 3.31. The summed E-state index contributed by atoms with van der Waals surface area (Å²) < 4.78 is 31.8. The molecule has 250 valence electrons. The van der Waals surface area contributed by atoms with E-state index in [1.54, 1.807) is 6.26 Å². The van der Waals surface area contributed by atoms with Crippen LogP contribution in [0.1, 0.15) is 39.7 Å². The summed E-state index contributed by atoms with van der Waals surface area (Å²) in [5, 5.41) is 13.9. The van der Waals surface area contributed by atoms with Crippen LogP contribution in [0.3, 0.4) is 0 Å². The summed E-state index contributed by atoms with van der Waals surface area (Å²) >= 11 is 0. The fourth-order valence-electron chi connectivity index (χ4n) is 5.29. The Labute approximate surface area is 266 Å². The first-order chi connectivity index (χ1) is 19.3. The van der Waals surface area contributed by atoms with Crippen molar-refractivity contribution >= 4 is 43.9 Å². The Balaban J connectivity index is 2.64. The van der Waals surface area contributed by atoms with Gasteiger partial charge in [-0.2, -0.15) is 0 Å². The van der Waals surface area contributed by atoms with Gasteiger partial charge in [0.15, 0.2) is 8.32 Å². The summed E-state index contributed by atoms with van der Waals surface area (Å²) in [4.78, 5) is 14.0. The molecule has 2 rings (SSSR count). The van der Waals surface area contributed by atoms with Gasteiger partial charge < -0.3 is 28.2 Å². The van der Waals surface area contributed by atoms with Crippen molar-refractivity contribution in [1.82, 2.24) is 0 Å². The van der Waals surface area contributed by atoms with Gasteiger partial charge in [-0.3, -0.25) is 4.79 Å². The molecule has 0 bridgehead atoms. The van der Waals surface area contributed by atoms with E-state index in [2.05, 4.69) is 99.7 Å². The van der Waals surface area contributed by atoms with Gasteiger partial charge in [0, 0.05) is 28.3 Å². The van der Waals surface area contributed by atoms with Crippen LogP contribution in [0, 0.1) is 11.8 Å². The van der Waals surface area contributed by atoms with Crippen LogP contribution in [0.15, 0.2) is 16.7 Å². The molecule has 1 fully saturated rings. The maximum absolute atomic E-state index is 14.0. The van der Waals surface area contributed by atoms with Crippen LogP contribution in [0.5, 0.6) is 0 Å². The zero-order valence-electron chi connectivity index (χ0n) is 30.1. The minimum Gasteiger partial charge on any atom is -0.474 e. The summed E-state index contributed by atoms with van der Waals surface area (Å²) in [5.41, 5.74) is -1.08. The second kappa shape index (κ2) is 14.1. The van der Waals surface area contributed by atoms with Crippen LogP contribution in [0.2, 0.25) is 89.1 Å². The smallest absolute Gasteiger partial charge is 0.312 e. The van der Waals surface area contributed by atoms with Gasteiger partial charge in [-0.1, -0.05) is 86.6 Å². The van der Waals surface area contributed by atoms with Gasteiger partial charge in [-0.25, -0.2) is 0 Å². The lowest BCUT2D eigenvalue weighted by Crippen LogP contribution is -2.65. The molecule has 5 atom stereocenters. The number of ether oxygens (including phenoxy) is 3. The largest absolute Gasteiger partial charge is 0.474 e. The molecule has 1 aromatic heterocycles. The average molecular weight is 673 g/mol. The molecule has 1 aliphatic carbocycles. The van der Waals surface area contributed by atoms with Crippen molar-refractivity contribution in [2.45, 2.75) is 141 Å². The van der Waals surface area contributed by atoms with Crippen LogP contribution >= 0.6 is 0 Å². The second-order valence-electron chi connectivity index (χ2n) is 17.7. The molecule has 0 unspecified atom stereocenters. The number of furan rings is 1. The maximum atomic E-state index is 14.0. The van der Waals surface area contributed by atoms with Gasteiger partial charge in [0.25, 0.3) is 0 Å². The number of hydrogen-bond acceptors (Lipinski definition) is 7. The van der Waals surface area contributed by atoms with Crippen LogP contribution in [-0.4, -0.2) is 75.8 Å². The third-order valence-corrected chi connectivity index (χ3v) is 18.8. The summed E-state index contributed by atoms with van der Waals surface area (Å²) in [5.74, 6) is -1.27. The molecule has 1 heterocycles. The molecule has 1 aliphatic rings. The molecule has 1 N–H and O–H groups in total. The number of carbonyl (C=O) groups excluding carboxylic acids is 1. The summed E-state index contributed by atoms with van der Waals surface area (Å²) in [6, 6.07) is 3.71. The predicted molar refractivity (Wildman–Crippen MR) is 188 cm³/mol. The molecule has 1 aromatic rings. The first-order valence-corrected chi connectivity index (χ1v) is 30.0. The van der Waals surface area contributed by atoms with E-state index >= 15 is 0 Å². The Hall–Kier alpha value is -0.542. The highest BCUT2D eigenvalue weighted by Crippen LogP contribution is 2.50. The van der Waals surface area contributed by atoms with E-state index in [1.165, 1.54) is 0 Å². The van der Waals surface area contributed by atoms with Gasteiger partial charge in [-0.05, 0) is 48.6 Å². The summed E-state index contributed by atoms with van der Waals surface area (Å²) in [6.07, 6.45) is 0.771. The number of rotatable bonds is 14. The lowest BCUT2D eigenvalue weighted by Gasteiger charge is -2.53. The number of aliphatic hydroxyl groups is 1. The van der Waals surface area contributed by atoms with Crippen molar-refractivity contribution in [3.8, 4) is 0 Å². The highest BCUT2D eigenvalue weighted by Gasteiger charge is 2.61. The van der Waals surface area contributed by atoms with E-state index in [-0.39, 0.29) is 23.7 Å². The quantitative estimate of drug-likeness (QED) is 0.0941. The number of carbonyl (C=O) groups is 1. The third-order valence-electron chi connectivity index (χ3n) is 9.15. The predicted octanol–water partition coefficient (Wildman–Crippen LogP) is 7.64. The van der Waals surface area contributed by atoms with Crippen molar-refractivity contribution < 1.29 is 33.0 Å². The van der Waals surface area contributed by atoms with Gasteiger partial charge >= 0.3 is 5.97 Å². The van der Waals surface area contributed by atoms with E-state index in [4.69, 9.17) is 23.1 Å². The first kappa shape index (κ1) is 38.6. The minimum absolute atomic E-state index is 0.0130. The van der Waals surface area contributed by atoms with Gasteiger partial charge in [0.2, 0.25) is 0 Å². The number of hydrogen-bond donors (Lipinski definition) is 1. The fraction of sp³-hybridized carbons (Fsp3) is 0.844. The molecule has 11 heteroatoms. The third kappa shape index (κ3) is 10.2. The molecule has 7 nitrogen and oxygen atoms in total. The molecule has 0 spiro atoms. The van der Waals surface area contributed by atoms with Crippen LogP contribution in [0.25, 0.3) is 0 Å². The molecule has 0 amide bonds. The second-order valence-corrected chi connectivity index (χ2v) is 38.7. The molecule has 0 saturated heterocycles. The standard InChI is InChI=1S/C32H64O7Si4/c1-24-22-26(29(33)36-19-21-41(8,9)10)32(34,25-16-17-37-30(25)42(11,12)13)28(38-23-35-18-20-40(5,6)7)27(24)39-43(14,15)31(2,3)4/h16-17,24,26-28,34H,18-23H2,1-15H3/t24-,26-,27+,28+,32+/m0/s1. The Morgan fingerprint density at radius 1 is 0.977 bits per heavy atom. The van der Waals surface area contributed by atoms with E-state index in [0.29, 0.717) is 25.2 Å². The lowest BCUT2D eigenvalue weighted by molar-refractivity contribution is -0.245. The van der Waals surface area contributed by atoms with Crippen LogP contribution in [-0.2, 0) is 29.0 Å². The molecule has 1 saturated carbocycles. The molecule has 0 aliphatic heterocycles. The van der Waals surface area contributed by atoms with Gasteiger partial charge in [-0.15, -0.1) is 0 Å². The molecule has 0 aromatic carbocycles. The minimum atomic E-state index is -2.30.